The van der Waals surface area contributed by atoms with E-state index < -0.39 is 62.2 Å². The Morgan fingerprint density at radius 3 is 1.72 bits per heavy atom. The van der Waals surface area contributed by atoms with Gasteiger partial charge in [-0.05, 0) is 65.3 Å². The van der Waals surface area contributed by atoms with Gasteiger partial charge >= 0.3 is 19.5 Å². The lowest BCUT2D eigenvalue weighted by atomic mass is 9.77. The Hall–Kier alpha value is -5.72. The fourth-order valence-electron chi connectivity index (χ4n) is 7.06. The number of anilines is 5. The third-order valence-corrected chi connectivity index (χ3v) is 11.7. The number of ether oxygens (including phenoxy) is 2. The van der Waals surface area contributed by atoms with Crippen molar-refractivity contribution in [3.05, 3.63) is 40.9 Å². The molecule has 3 aliphatic rings. The number of hydrogen-bond donors (Lipinski definition) is 1. The molecule has 0 saturated carbocycles. The molecule has 0 unspecified atom stereocenters. The monoisotopic (exact) mass is 1080 g/mol. The van der Waals surface area contributed by atoms with Crippen molar-refractivity contribution in [2.45, 2.75) is 90.0 Å². The highest BCUT2D eigenvalue weighted by Gasteiger charge is 2.53. The van der Waals surface area contributed by atoms with Crippen LogP contribution in [-0.2, 0) is 18.8 Å². The average Bonchev–Trinajstić information content (AvgIpc) is 3.52. The summed E-state index contributed by atoms with van der Waals surface area (Å²) in [5.74, 6) is -0.213. The minimum atomic E-state index is -4.51. The number of hydrogen-bond acceptors (Lipinski definition) is 18. The molecule has 7 heterocycles. The molecule has 3 aliphatic heterocycles. The van der Waals surface area contributed by atoms with Gasteiger partial charge in [0.15, 0.2) is 11.6 Å². The summed E-state index contributed by atoms with van der Waals surface area (Å²) in [7, 11) is 5.12. The lowest BCUT2D eigenvalue weighted by molar-refractivity contribution is -0.120. The Bertz CT molecular complexity index is 2520. The van der Waals surface area contributed by atoms with Gasteiger partial charge in [0.25, 0.3) is 12.9 Å². The molecule has 31 heteroatoms. The molecule has 408 valence electrons. The second-order valence-corrected chi connectivity index (χ2v) is 18.7. The molecular weight excluding hydrogens is 1030 g/mol. The second-order valence-electron chi connectivity index (χ2n) is 18.4. The van der Waals surface area contributed by atoms with E-state index in [4.69, 9.17) is 36.1 Å². The number of halogens is 11. The van der Waals surface area contributed by atoms with Crippen molar-refractivity contribution in [3.63, 3.8) is 0 Å². The number of nitrogens with two attached hydrogens (primary N) is 1. The molecule has 3 fully saturated rings. The summed E-state index contributed by atoms with van der Waals surface area (Å²) in [6.45, 7) is 11.4. The number of nitrogen functional groups attached to an aromatic ring is 1. The molecule has 0 aliphatic carbocycles. The first-order chi connectivity index (χ1) is 34.3. The van der Waals surface area contributed by atoms with Crippen molar-refractivity contribution >= 4 is 65.9 Å². The van der Waals surface area contributed by atoms with E-state index in [2.05, 4.69) is 44.9 Å². The fourth-order valence-corrected chi connectivity index (χ4v) is 7.21. The van der Waals surface area contributed by atoms with Crippen LogP contribution >= 0.6 is 11.6 Å². The molecule has 0 aromatic carbocycles. The molecule has 0 bridgehead atoms. The summed E-state index contributed by atoms with van der Waals surface area (Å²) in [5, 5.41) is -0.136. The molecule has 0 spiro atoms. The number of alkyl halides is 10. The Balaban J connectivity index is 0.000000210. The van der Waals surface area contributed by atoms with E-state index >= 15 is 0 Å². The van der Waals surface area contributed by atoms with Crippen molar-refractivity contribution in [2.75, 3.05) is 106 Å². The van der Waals surface area contributed by atoms with Crippen LogP contribution in [0.25, 0.3) is 11.4 Å². The largest absolute Gasteiger partial charge is 0.496 e. The van der Waals surface area contributed by atoms with E-state index in [1.54, 1.807) is 23.9 Å². The Morgan fingerprint density at radius 1 is 0.743 bits per heavy atom. The van der Waals surface area contributed by atoms with Crippen molar-refractivity contribution in [1.29, 1.82) is 0 Å². The summed E-state index contributed by atoms with van der Waals surface area (Å²) in [5.41, 5.74) is 3.76. The minimum Gasteiger partial charge on any atom is -0.399 e. The predicted octanol–water partition coefficient (Wildman–Crippen LogP) is 6.97. The van der Waals surface area contributed by atoms with Gasteiger partial charge < -0.3 is 49.0 Å². The molecule has 0 amide bonds. The van der Waals surface area contributed by atoms with Crippen molar-refractivity contribution in [3.8, 4) is 11.4 Å². The van der Waals surface area contributed by atoms with Gasteiger partial charge in [-0.1, -0.05) is 0 Å². The number of pyridine rings is 2. The van der Waals surface area contributed by atoms with Gasteiger partial charge in [0.1, 0.15) is 18.9 Å². The van der Waals surface area contributed by atoms with Crippen molar-refractivity contribution < 1.29 is 62.7 Å². The molecule has 3 saturated heterocycles. The van der Waals surface area contributed by atoms with E-state index in [0.717, 1.165) is 29.1 Å². The smallest absolute Gasteiger partial charge is 0.399 e. The fraction of sp³-hybridized carbons (Fsp3) is 0.605. The summed E-state index contributed by atoms with van der Waals surface area (Å²) >= 11 is 5.80. The summed E-state index contributed by atoms with van der Waals surface area (Å²) in [6, 6.07) is 2.09. The third kappa shape index (κ3) is 16.1. The first-order valence-electron chi connectivity index (χ1n) is 22.6. The first kappa shape index (κ1) is 59.2. The maximum Gasteiger partial charge on any atom is 0.496 e. The number of morpholine rings is 2. The van der Waals surface area contributed by atoms with Crippen LogP contribution in [0.4, 0.5) is 79.3 Å². The molecule has 19 nitrogen and oxygen atoms in total. The van der Waals surface area contributed by atoms with Crippen LogP contribution in [0.3, 0.4) is 0 Å². The van der Waals surface area contributed by atoms with Crippen LogP contribution in [0, 0.1) is 0 Å². The zero-order valence-corrected chi connectivity index (χ0v) is 42.8. The highest BCUT2D eigenvalue weighted by molar-refractivity contribution is 6.62. The second kappa shape index (κ2) is 24.3. The van der Waals surface area contributed by atoms with Crippen molar-refractivity contribution in [1.82, 2.24) is 44.8 Å². The Morgan fingerprint density at radius 2 is 1.24 bits per heavy atom. The highest BCUT2D eigenvalue weighted by Crippen LogP contribution is 2.38. The van der Waals surface area contributed by atoms with Gasteiger partial charge in [0, 0.05) is 75.8 Å². The topological polar surface area (TPSA) is 195 Å². The molecular formula is C43H57BClF10N15O4. The van der Waals surface area contributed by atoms with Crippen LogP contribution in [0.1, 0.15) is 65.5 Å². The standard InChI is InChI=1S/C17H20F5N7O.C15H22BF2N3O2.C11H15ClF3N5O/c1-9-7-30-4-3-29(9)16-26-14(11-6-24-12(23)5-10(11)13(18)19)25-15(27-16)28(2)8-17(20,21)22;1-14(2)15(3,4)23-16(22-14)11-8-19-12(20-9-21(5)6)7-10(11)13(17)18;1-7-5-21-4-3-20(7)10-17-8(12)16-9(18-10)19(2)6-11(13,14)15/h5-6,9,13H,3-4,7-8H2,1-2H3,(H2,23,24);7-9,13H,1-6H3;7H,3-6H2,1-2H3/t9-;;7-/m1.1/s1. The van der Waals surface area contributed by atoms with Gasteiger partial charge in [0.2, 0.25) is 29.1 Å². The van der Waals surface area contributed by atoms with Crippen LogP contribution in [0.15, 0.2) is 29.5 Å². The molecule has 2 N–H and O–H groups in total. The van der Waals surface area contributed by atoms with E-state index in [9.17, 15) is 43.9 Å². The van der Waals surface area contributed by atoms with E-state index in [1.807, 2.05) is 46.4 Å². The first-order valence-corrected chi connectivity index (χ1v) is 23.0. The van der Waals surface area contributed by atoms with Gasteiger partial charge in [0.05, 0.1) is 56.1 Å². The van der Waals surface area contributed by atoms with Gasteiger partial charge in [-0.3, -0.25) is 0 Å². The van der Waals surface area contributed by atoms with Crippen LogP contribution in [0.5, 0.6) is 0 Å². The quantitative estimate of drug-likeness (QED) is 0.0661. The Labute approximate surface area is 426 Å². The molecule has 0 radical (unpaired) electrons. The van der Waals surface area contributed by atoms with E-state index in [1.165, 1.54) is 25.6 Å². The third-order valence-electron chi connectivity index (χ3n) is 11.5. The molecule has 4 aromatic rings. The van der Waals surface area contributed by atoms with Gasteiger partial charge in [-0.2, -0.15) is 56.2 Å². The number of aliphatic imine (C=N–C) groups is 1. The average molecular weight is 1080 g/mol. The van der Waals surface area contributed by atoms with Crippen molar-refractivity contribution in [2.24, 2.45) is 4.99 Å². The molecule has 2 atom stereocenters. The molecule has 7 rings (SSSR count). The molecule has 74 heavy (non-hydrogen) atoms. The SMILES string of the molecule is CN(C)C=Nc1cc(C(F)F)c(B2OC(C)(C)C(C)(C)O2)cn1.C[C@@H]1COCCN1c1nc(-c2cnc(N)cc2C(F)F)nc(N(C)CC(F)(F)F)n1.C[C@@H]1COCCN1c1nc(Cl)nc(N(C)CC(F)(F)F)n1. The zero-order chi connectivity index (χ0) is 55.1. The zero-order valence-electron chi connectivity index (χ0n) is 42.1. The molecule has 4 aromatic heterocycles. The number of rotatable bonds is 12. The Kier molecular flexibility index (Phi) is 19.4. The van der Waals surface area contributed by atoms with Crippen LogP contribution in [-0.4, -0.2) is 175 Å². The maximum atomic E-state index is 13.6. The van der Waals surface area contributed by atoms with Gasteiger partial charge in [-0.25, -0.2) is 32.5 Å². The number of nitrogens with zero attached hydrogens (tertiary/aromatic N) is 14. The highest BCUT2D eigenvalue weighted by atomic mass is 35.5. The summed E-state index contributed by atoms with van der Waals surface area (Å²) in [4.78, 5) is 43.2. The summed E-state index contributed by atoms with van der Waals surface area (Å²) < 4.78 is 152. The van der Waals surface area contributed by atoms with E-state index in [-0.39, 0.29) is 75.2 Å². The van der Waals surface area contributed by atoms with Crippen LogP contribution < -0.4 is 30.8 Å². The van der Waals surface area contributed by atoms with Crippen LogP contribution in [0.2, 0.25) is 5.28 Å². The van der Waals surface area contributed by atoms with Gasteiger partial charge in [-0.15, -0.1) is 0 Å². The normalized spacial score (nSPS) is 18.8. The minimum absolute atomic E-state index is 0.0120. The summed E-state index contributed by atoms with van der Waals surface area (Å²) in [6.07, 6.45) is -10.5. The van der Waals surface area contributed by atoms with E-state index in [0.29, 0.717) is 39.5 Å². The lowest BCUT2D eigenvalue weighted by Gasteiger charge is -2.33. The maximum absolute atomic E-state index is 13.6. The lowest BCUT2D eigenvalue weighted by Crippen LogP contribution is -2.45. The number of aromatic nitrogens is 8. The predicted molar refractivity (Wildman–Crippen MR) is 258 cm³/mol.